The van der Waals surface area contributed by atoms with Gasteiger partial charge in [0.05, 0.1) is 6.61 Å². The van der Waals surface area contributed by atoms with E-state index >= 15 is 0 Å². The van der Waals surface area contributed by atoms with Crippen LogP contribution in [0.5, 0.6) is 0 Å². The summed E-state index contributed by atoms with van der Waals surface area (Å²) in [6.45, 7) is 6.76. The topological polar surface area (TPSA) is 26.3 Å². The molecule has 0 N–H and O–H groups in total. The van der Waals surface area contributed by atoms with Crippen LogP contribution < -0.4 is 0 Å². The molecule has 0 aliphatic carbocycles. The Morgan fingerprint density at radius 3 is 2.47 bits per heavy atom. The van der Waals surface area contributed by atoms with Crippen molar-refractivity contribution >= 4 is 5.97 Å². The molecule has 1 aromatic rings. The summed E-state index contributed by atoms with van der Waals surface area (Å²) in [6, 6.07) is 10.5. The van der Waals surface area contributed by atoms with E-state index in [2.05, 4.69) is 38.1 Å². The van der Waals surface area contributed by atoms with E-state index in [0.717, 1.165) is 19.3 Å². The lowest BCUT2D eigenvalue weighted by molar-refractivity contribution is -0.144. The van der Waals surface area contributed by atoms with Crippen molar-refractivity contribution in [2.24, 2.45) is 11.8 Å². The van der Waals surface area contributed by atoms with Gasteiger partial charge in [0.1, 0.15) is 0 Å². The molecule has 19 heavy (non-hydrogen) atoms. The Kier molecular flexibility index (Phi) is 7.24. The van der Waals surface area contributed by atoms with E-state index < -0.39 is 0 Å². The van der Waals surface area contributed by atoms with E-state index in [1.165, 1.54) is 5.56 Å². The van der Waals surface area contributed by atoms with Gasteiger partial charge in [-0.15, -0.1) is 0 Å². The molecular formula is C17H26O2. The largest absolute Gasteiger partial charge is 0.466 e. The zero-order valence-corrected chi connectivity index (χ0v) is 12.4. The predicted molar refractivity (Wildman–Crippen MR) is 79.0 cm³/mol. The summed E-state index contributed by atoms with van der Waals surface area (Å²) < 4.78 is 5.08. The van der Waals surface area contributed by atoms with E-state index in [-0.39, 0.29) is 5.97 Å². The number of ether oxygens (including phenoxy) is 1. The van der Waals surface area contributed by atoms with Crippen molar-refractivity contribution in [3.05, 3.63) is 35.9 Å². The fourth-order valence-electron chi connectivity index (χ4n) is 2.35. The van der Waals surface area contributed by atoms with Crippen molar-refractivity contribution in [3.8, 4) is 0 Å². The van der Waals surface area contributed by atoms with Crippen LogP contribution in [-0.2, 0) is 16.0 Å². The van der Waals surface area contributed by atoms with Gasteiger partial charge in [0.25, 0.3) is 0 Å². The molecule has 0 saturated carbocycles. The molecule has 0 fully saturated rings. The zero-order chi connectivity index (χ0) is 14.1. The van der Waals surface area contributed by atoms with E-state index in [0.29, 0.717) is 24.9 Å². The summed E-state index contributed by atoms with van der Waals surface area (Å²) in [5, 5.41) is 0. The van der Waals surface area contributed by atoms with Crippen molar-refractivity contribution in [1.82, 2.24) is 0 Å². The van der Waals surface area contributed by atoms with E-state index in [9.17, 15) is 4.79 Å². The number of aryl methyl sites for hydroxylation is 1. The lowest BCUT2D eigenvalue weighted by Crippen LogP contribution is -2.18. The van der Waals surface area contributed by atoms with Crippen LogP contribution >= 0.6 is 0 Å². The molecule has 0 bridgehead atoms. The fourth-order valence-corrected chi connectivity index (χ4v) is 2.35. The first-order valence-corrected chi connectivity index (χ1v) is 7.36. The number of carbonyl (C=O) groups is 1. The smallest absolute Gasteiger partial charge is 0.306 e. The zero-order valence-electron chi connectivity index (χ0n) is 12.4. The number of hydrogen-bond acceptors (Lipinski definition) is 2. The first-order chi connectivity index (χ1) is 9.17. The van der Waals surface area contributed by atoms with Crippen molar-refractivity contribution < 1.29 is 9.53 Å². The highest BCUT2D eigenvalue weighted by molar-refractivity contribution is 5.69. The molecule has 0 amide bonds. The summed E-state index contributed by atoms with van der Waals surface area (Å²) in [6.07, 6.45) is 3.75. The molecule has 0 aliphatic rings. The third-order valence-electron chi connectivity index (χ3n) is 3.83. The number of carbonyl (C=O) groups excluding carboxylic acids is 1. The van der Waals surface area contributed by atoms with Gasteiger partial charge in [0.15, 0.2) is 0 Å². The van der Waals surface area contributed by atoms with E-state index in [1.807, 2.05) is 13.0 Å². The molecule has 0 heterocycles. The average molecular weight is 262 g/mol. The second-order valence-corrected chi connectivity index (χ2v) is 5.18. The SMILES string of the molecule is CCOC(=O)CC(CCc1ccccc1)C(C)CC. The van der Waals surface area contributed by atoms with Gasteiger partial charge >= 0.3 is 5.97 Å². The van der Waals surface area contributed by atoms with Gasteiger partial charge in [0, 0.05) is 6.42 Å². The highest BCUT2D eigenvalue weighted by Crippen LogP contribution is 2.25. The second kappa shape index (κ2) is 8.73. The number of esters is 1. The normalized spacial score (nSPS) is 13.8. The molecule has 106 valence electrons. The van der Waals surface area contributed by atoms with Crippen LogP contribution in [0.3, 0.4) is 0 Å². The fraction of sp³-hybridized carbons (Fsp3) is 0.588. The first-order valence-electron chi connectivity index (χ1n) is 7.36. The third kappa shape index (κ3) is 5.91. The van der Waals surface area contributed by atoms with Gasteiger partial charge in [-0.2, -0.15) is 0 Å². The summed E-state index contributed by atoms with van der Waals surface area (Å²) >= 11 is 0. The van der Waals surface area contributed by atoms with Gasteiger partial charge in [-0.05, 0) is 37.2 Å². The van der Waals surface area contributed by atoms with Crippen molar-refractivity contribution in [3.63, 3.8) is 0 Å². The molecule has 2 nitrogen and oxygen atoms in total. The molecule has 2 atom stereocenters. The van der Waals surface area contributed by atoms with Crippen LogP contribution in [0.1, 0.15) is 45.6 Å². The maximum Gasteiger partial charge on any atom is 0.306 e. The Labute approximate surface area is 117 Å². The highest BCUT2D eigenvalue weighted by Gasteiger charge is 2.20. The molecular weight excluding hydrogens is 236 g/mol. The predicted octanol–water partition coefficient (Wildman–Crippen LogP) is 4.23. The van der Waals surface area contributed by atoms with Gasteiger partial charge in [-0.3, -0.25) is 4.79 Å². The lowest BCUT2D eigenvalue weighted by Gasteiger charge is -2.22. The maximum absolute atomic E-state index is 11.7. The Morgan fingerprint density at radius 1 is 1.21 bits per heavy atom. The Morgan fingerprint density at radius 2 is 1.89 bits per heavy atom. The van der Waals surface area contributed by atoms with Crippen LogP contribution in [0.25, 0.3) is 0 Å². The van der Waals surface area contributed by atoms with E-state index in [4.69, 9.17) is 4.74 Å². The Bertz CT molecular complexity index is 359. The van der Waals surface area contributed by atoms with Gasteiger partial charge in [0.2, 0.25) is 0 Å². The summed E-state index contributed by atoms with van der Waals surface area (Å²) in [7, 11) is 0. The minimum atomic E-state index is -0.0548. The van der Waals surface area contributed by atoms with Crippen molar-refractivity contribution in [1.29, 1.82) is 0 Å². The molecule has 0 radical (unpaired) electrons. The van der Waals surface area contributed by atoms with Crippen LogP contribution in [0.2, 0.25) is 0 Å². The molecule has 2 heteroatoms. The Hall–Kier alpha value is -1.31. The monoisotopic (exact) mass is 262 g/mol. The number of hydrogen-bond donors (Lipinski definition) is 0. The van der Waals surface area contributed by atoms with Gasteiger partial charge in [-0.1, -0.05) is 50.6 Å². The van der Waals surface area contributed by atoms with Crippen LogP contribution in [0.4, 0.5) is 0 Å². The first kappa shape index (κ1) is 15.7. The third-order valence-corrected chi connectivity index (χ3v) is 3.83. The Balaban J connectivity index is 2.52. The molecule has 2 unspecified atom stereocenters. The quantitative estimate of drug-likeness (QED) is 0.655. The van der Waals surface area contributed by atoms with Crippen LogP contribution in [-0.4, -0.2) is 12.6 Å². The maximum atomic E-state index is 11.7. The second-order valence-electron chi connectivity index (χ2n) is 5.18. The van der Waals surface area contributed by atoms with Crippen molar-refractivity contribution in [2.75, 3.05) is 6.61 Å². The number of benzene rings is 1. The molecule has 1 rings (SSSR count). The summed E-state index contributed by atoms with van der Waals surface area (Å²) in [5.74, 6) is 0.929. The van der Waals surface area contributed by atoms with Crippen molar-refractivity contribution in [2.45, 2.75) is 46.5 Å². The standard InChI is InChI=1S/C17H26O2/c1-4-14(3)16(13-17(18)19-5-2)12-11-15-9-7-6-8-10-15/h6-10,14,16H,4-5,11-13H2,1-3H3. The molecule has 0 aliphatic heterocycles. The summed E-state index contributed by atoms with van der Waals surface area (Å²) in [5.41, 5.74) is 1.35. The highest BCUT2D eigenvalue weighted by atomic mass is 16.5. The molecule has 0 spiro atoms. The molecule has 0 aromatic heterocycles. The van der Waals surface area contributed by atoms with Crippen LogP contribution in [0, 0.1) is 11.8 Å². The minimum absolute atomic E-state index is 0.0548. The average Bonchev–Trinajstić information content (AvgIpc) is 2.44. The summed E-state index contributed by atoms with van der Waals surface area (Å²) in [4.78, 5) is 11.7. The van der Waals surface area contributed by atoms with E-state index in [1.54, 1.807) is 0 Å². The van der Waals surface area contributed by atoms with Crippen LogP contribution in [0.15, 0.2) is 30.3 Å². The van der Waals surface area contributed by atoms with Gasteiger partial charge in [-0.25, -0.2) is 0 Å². The molecule has 1 aromatic carbocycles. The number of rotatable bonds is 8. The lowest BCUT2D eigenvalue weighted by atomic mass is 9.84. The minimum Gasteiger partial charge on any atom is -0.466 e. The molecule has 0 saturated heterocycles. The van der Waals surface area contributed by atoms with Gasteiger partial charge < -0.3 is 4.74 Å².